The number of carbonyl (C=O) groups is 1. The Morgan fingerprint density at radius 2 is 1.72 bits per heavy atom. The fourth-order valence-corrected chi connectivity index (χ4v) is 5.54. The SMILES string of the molecule is COC1(C(=O)N2CCN(C3CC4CCC3C4)CC2)CCNCC1.Cl.Cl. The van der Waals surface area contributed by atoms with Gasteiger partial charge in [0, 0.05) is 39.3 Å². The smallest absolute Gasteiger partial charge is 0.254 e. The Hall–Kier alpha value is -0.0700. The number of piperazine rings is 1. The summed E-state index contributed by atoms with van der Waals surface area (Å²) in [5.41, 5.74) is -0.570. The normalized spacial score (nSPS) is 34.3. The van der Waals surface area contributed by atoms with Crippen molar-refractivity contribution >= 4 is 30.7 Å². The van der Waals surface area contributed by atoms with Crippen LogP contribution < -0.4 is 5.32 Å². The Morgan fingerprint density at radius 1 is 1.04 bits per heavy atom. The molecule has 7 heteroatoms. The minimum Gasteiger partial charge on any atom is -0.368 e. The van der Waals surface area contributed by atoms with Gasteiger partial charge < -0.3 is 15.0 Å². The van der Waals surface area contributed by atoms with Gasteiger partial charge in [-0.25, -0.2) is 0 Å². The van der Waals surface area contributed by atoms with Crippen LogP contribution in [0.1, 0.15) is 38.5 Å². The van der Waals surface area contributed by atoms with Crippen molar-refractivity contribution in [3.63, 3.8) is 0 Å². The molecule has 1 amide bonds. The lowest BCUT2D eigenvalue weighted by Crippen LogP contribution is -2.60. The van der Waals surface area contributed by atoms with Crippen LogP contribution in [0.5, 0.6) is 0 Å². The molecule has 2 heterocycles. The molecule has 0 spiro atoms. The van der Waals surface area contributed by atoms with E-state index >= 15 is 0 Å². The molecule has 4 aliphatic rings. The van der Waals surface area contributed by atoms with Gasteiger partial charge in [0.25, 0.3) is 5.91 Å². The molecule has 0 radical (unpaired) electrons. The van der Waals surface area contributed by atoms with Gasteiger partial charge in [0.15, 0.2) is 0 Å². The van der Waals surface area contributed by atoms with Gasteiger partial charge >= 0.3 is 0 Å². The van der Waals surface area contributed by atoms with Gasteiger partial charge in [0.2, 0.25) is 0 Å². The molecular weight excluding hydrogens is 361 g/mol. The van der Waals surface area contributed by atoms with Gasteiger partial charge in [-0.3, -0.25) is 9.69 Å². The Kier molecular flexibility index (Phi) is 7.43. The highest BCUT2D eigenvalue weighted by atomic mass is 35.5. The third-order valence-corrected chi connectivity index (χ3v) is 6.96. The van der Waals surface area contributed by atoms with Crippen LogP contribution in [-0.2, 0) is 9.53 Å². The molecule has 4 rings (SSSR count). The van der Waals surface area contributed by atoms with Crippen LogP contribution in [0.2, 0.25) is 0 Å². The molecule has 4 fully saturated rings. The van der Waals surface area contributed by atoms with Crippen LogP contribution in [0.4, 0.5) is 0 Å². The van der Waals surface area contributed by atoms with Crippen LogP contribution >= 0.6 is 24.8 Å². The highest BCUT2D eigenvalue weighted by Crippen LogP contribution is 2.46. The number of nitrogens with one attached hydrogen (secondary N) is 1. The predicted molar refractivity (Wildman–Crippen MR) is 104 cm³/mol. The van der Waals surface area contributed by atoms with E-state index in [1.165, 1.54) is 25.7 Å². The first kappa shape index (κ1) is 21.2. The topological polar surface area (TPSA) is 44.8 Å². The summed E-state index contributed by atoms with van der Waals surface area (Å²) in [6, 6.07) is 0.807. The van der Waals surface area contributed by atoms with E-state index in [0.717, 1.165) is 70.0 Å². The number of hydrogen-bond acceptors (Lipinski definition) is 4. The van der Waals surface area contributed by atoms with E-state index in [1.54, 1.807) is 7.11 Å². The maximum Gasteiger partial charge on any atom is 0.254 e. The van der Waals surface area contributed by atoms with E-state index in [0.29, 0.717) is 0 Å². The molecule has 3 atom stereocenters. The molecule has 2 aliphatic carbocycles. The summed E-state index contributed by atoms with van der Waals surface area (Å²) in [7, 11) is 1.70. The summed E-state index contributed by atoms with van der Waals surface area (Å²) in [5.74, 6) is 2.17. The first-order chi connectivity index (χ1) is 11.2. The Morgan fingerprint density at radius 3 is 2.24 bits per heavy atom. The van der Waals surface area contributed by atoms with E-state index in [2.05, 4.69) is 15.1 Å². The number of piperidine rings is 1. The van der Waals surface area contributed by atoms with E-state index in [4.69, 9.17) is 4.74 Å². The van der Waals surface area contributed by atoms with Gasteiger partial charge in [-0.15, -0.1) is 24.8 Å². The van der Waals surface area contributed by atoms with Crippen molar-refractivity contribution in [2.75, 3.05) is 46.4 Å². The van der Waals surface area contributed by atoms with Crippen molar-refractivity contribution in [3.05, 3.63) is 0 Å². The number of methoxy groups -OCH3 is 1. The standard InChI is InChI=1S/C18H31N3O2.2ClH/c1-23-18(4-6-19-7-5-18)17(22)21-10-8-20(9-11-21)16-13-14-2-3-15(16)12-14;;/h14-16,19H,2-13H2,1H3;2*1H. The second kappa shape index (κ2) is 8.75. The van der Waals surface area contributed by atoms with E-state index in [1.807, 2.05) is 0 Å². The van der Waals surface area contributed by atoms with E-state index in [9.17, 15) is 4.79 Å². The lowest BCUT2D eigenvalue weighted by atomic mass is 9.90. The average Bonchev–Trinajstić information content (AvgIpc) is 3.25. The molecule has 25 heavy (non-hydrogen) atoms. The molecule has 2 saturated carbocycles. The zero-order chi connectivity index (χ0) is 15.9. The Balaban J connectivity index is 0.00000113. The molecule has 0 aromatic rings. The number of hydrogen-bond donors (Lipinski definition) is 1. The Labute approximate surface area is 164 Å². The van der Waals surface area contributed by atoms with Gasteiger partial charge in [0.05, 0.1) is 0 Å². The molecule has 5 nitrogen and oxygen atoms in total. The molecule has 0 aromatic carbocycles. The summed E-state index contributed by atoms with van der Waals surface area (Å²) in [6.07, 6.45) is 7.37. The minimum absolute atomic E-state index is 0. The number of fused-ring (bicyclic) bond motifs is 2. The van der Waals surface area contributed by atoms with E-state index in [-0.39, 0.29) is 30.7 Å². The predicted octanol–water partition coefficient (Wildman–Crippen LogP) is 1.93. The molecule has 3 unspecified atom stereocenters. The van der Waals surface area contributed by atoms with Gasteiger partial charge in [0.1, 0.15) is 5.60 Å². The monoisotopic (exact) mass is 393 g/mol. The number of amides is 1. The van der Waals surface area contributed by atoms with Crippen molar-refractivity contribution < 1.29 is 9.53 Å². The molecule has 2 aliphatic heterocycles. The number of ether oxygens (including phenoxy) is 1. The highest BCUT2D eigenvalue weighted by Gasteiger charge is 2.45. The second-order valence-corrected chi connectivity index (χ2v) is 8.02. The van der Waals surface area contributed by atoms with Crippen LogP contribution in [0.25, 0.3) is 0 Å². The maximum atomic E-state index is 13.0. The molecule has 0 aromatic heterocycles. The summed E-state index contributed by atoms with van der Waals surface area (Å²) in [6.45, 7) is 5.63. The van der Waals surface area contributed by atoms with Gasteiger partial charge in [-0.1, -0.05) is 6.42 Å². The van der Waals surface area contributed by atoms with Crippen LogP contribution in [0.3, 0.4) is 0 Å². The highest BCUT2D eigenvalue weighted by molar-refractivity contribution is 5.86. The lowest BCUT2D eigenvalue weighted by Gasteiger charge is -2.44. The first-order valence-corrected chi connectivity index (χ1v) is 9.51. The quantitative estimate of drug-likeness (QED) is 0.795. The molecule has 2 bridgehead atoms. The van der Waals surface area contributed by atoms with Crippen LogP contribution in [0, 0.1) is 11.8 Å². The summed E-state index contributed by atoms with van der Waals surface area (Å²) >= 11 is 0. The average molecular weight is 394 g/mol. The maximum absolute atomic E-state index is 13.0. The number of rotatable bonds is 3. The lowest BCUT2D eigenvalue weighted by molar-refractivity contribution is -0.160. The van der Waals surface area contributed by atoms with Crippen molar-refractivity contribution in [2.45, 2.75) is 50.2 Å². The molecule has 1 N–H and O–H groups in total. The van der Waals surface area contributed by atoms with Crippen LogP contribution in [-0.4, -0.2) is 73.7 Å². The third kappa shape index (κ3) is 3.96. The summed E-state index contributed by atoms with van der Waals surface area (Å²) in [5, 5.41) is 3.33. The van der Waals surface area contributed by atoms with Gasteiger partial charge in [-0.05, 0) is 57.0 Å². The van der Waals surface area contributed by atoms with Crippen molar-refractivity contribution in [1.29, 1.82) is 0 Å². The number of carbonyl (C=O) groups excluding carboxylic acids is 1. The number of halogens is 2. The Bertz CT molecular complexity index is 452. The minimum atomic E-state index is -0.570. The fourth-order valence-electron chi connectivity index (χ4n) is 5.54. The summed E-state index contributed by atoms with van der Waals surface area (Å²) < 4.78 is 5.72. The molecular formula is C18H33Cl2N3O2. The van der Waals surface area contributed by atoms with Crippen molar-refractivity contribution in [1.82, 2.24) is 15.1 Å². The van der Waals surface area contributed by atoms with Gasteiger partial charge in [-0.2, -0.15) is 0 Å². The number of nitrogens with zero attached hydrogens (tertiary/aromatic N) is 2. The van der Waals surface area contributed by atoms with Crippen molar-refractivity contribution in [3.8, 4) is 0 Å². The fraction of sp³-hybridized carbons (Fsp3) is 0.944. The second-order valence-electron chi connectivity index (χ2n) is 8.02. The van der Waals surface area contributed by atoms with Crippen LogP contribution in [0.15, 0.2) is 0 Å². The largest absolute Gasteiger partial charge is 0.368 e. The molecule has 146 valence electrons. The van der Waals surface area contributed by atoms with Crippen molar-refractivity contribution in [2.24, 2.45) is 11.8 Å². The first-order valence-electron chi connectivity index (χ1n) is 9.51. The zero-order valence-corrected chi connectivity index (χ0v) is 16.9. The summed E-state index contributed by atoms with van der Waals surface area (Å²) in [4.78, 5) is 17.8. The molecule has 2 saturated heterocycles. The zero-order valence-electron chi connectivity index (χ0n) is 15.2. The van der Waals surface area contributed by atoms with E-state index < -0.39 is 5.60 Å². The third-order valence-electron chi connectivity index (χ3n) is 6.96.